The predicted molar refractivity (Wildman–Crippen MR) is 88.3 cm³/mol. The molecular weight excluding hydrogens is 292 g/mol. The van der Waals surface area contributed by atoms with Crippen LogP contribution in [0.15, 0.2) is 24.3 Å². The fourth-order valence-electron chi connectivity index (χ4n) is 3.52. The van der Waals surface area contributed by atoms with Gasteiger partial charge < -0.3 is 15.3 Å². The lowest BCUT2D eigenvalue weighted by Crippen LogP contribution is -2.35. The van der Waals surface area contributed by atoms with E-state index in [0.717, 1.165) is 31.5 Å². The molecule has 23 heavy (non-hydrogen) atoms. The molecule has 2 amide bonds. The van der Waals surface area contributed by atoms with Crippen molar-refractivity contribution in [2.24, 2.45) is 5.92 Å². The molecule has 0 spiro atoms. The van der Waals surface area contributed by atoms with Gasteiger partial charge in [0.05, 0.1) is 6.10 Å². The average molecular weight is 316 g/mol. The Bertz CT molecular complexity index is 564. The summed E-state index contributed by atoms with van der Waals surface area (Å²) in [5.74, 6) is 0.280. The van der Waals surface area contributed by atoms with E-state index in [0.29, 0.717) is 24.4 Å². The van der Waals surface area contributed by atoms with Crippen LogP contribution in [0.3, 0.4) is 0 Å². The fourth-order valence-corrected chi connectivity index (χ4v) is 3.52. The van der Waals surface area contributed by atoms with Gasteiger partial charge in [-0.25, -0.2) is 0 Å². The minimum Gasteiger partial charge on any atom is -0.391 e. The van der Waals surface area contributed by atoms with Crippen molar-refractivity contribution in [3.8, 4) is 0 Å². The monoisotopic (exact) mass is 316 g/mol. The highest BCUT2D eigenvalue weighted by Gasteiger charge is 2.24. The molecule has 1 aliphatic heterocycles. The Kier molecular flexibility index (Phi) is 4.96. The Balaban J connectivity index is 1.54. The Morgan fingerprint density at radius 1 is 1.22 bits per heavy atom. The van der Waals surface area contributed by atoms with Crippen molar-refractivity contribution in [1.29, 1.82) is 0 Å². The molecule has 3 rings (SSSR count). The molecule has 0 aromatic heterocycles. The Morgan fingerprint density at radius 2 is 1.91 bits per heavy atom. The minimum absolute atomic E-state index is 0.141. The lowest BCUT2D eigenvalue weighted by molar-refractivity contribution is -0.117. The topological polar surface area (TPSA) is 69.6 Å². The van der Waals surface area contributed by atoms with Crippen LogP contribution >= 0.6 is 0 Å². The molecule has 1 saturated carbocycles. The van der Waals surface area contributed by atoms with Crippen molar-refractivity contribution < 1.29 is 14.7 Å². The van der Waals surface area contributed by atoms with E-state index in [1.807, 2.05) is 12.1 Å². The largest absolute Gasteiger partial charge is 0.391 e. The van der Waals surface area contributed by atoms with Gasteiger partial charge in [0.25, 0.3) is 5.91 Å². The lowest BCUT2D eigenvalue weighted by Gasteiger charge is -2.18. The summed E-state index contributed by atoms with van der Waals surface area (Å²) in [6.45, 7) is 1.05. The van der Waals surface area contributed by atoms with Gasteiger partial charge in [0.2, 0.25) is 5.91 Å². The summed E-state index contributed by atoms with van der Waals surface area (Å²) < 4.78 is 0. The standard InChI is InChI=1S/C18H24N2O3/c21-16(13-4-1-2-5-13)12-19-18(23)14-7-9-15(10-8-14)20-11-3-6-17(20)22/h7-10,13,16,21H,1-6,11-12H2,(H,19,23). The summed E-state index contributed by atoms with van der Waals surface area (Å²) in [6.07, 6.45) is 5.48. The van der Waals surface area contributed by atoms with Gasteiger partial charge in [-0.1, -0.05) is 12.8 Å². The van der Waals surface area contributed by atoms with Crippen LogP contribution in [-0.4, -0.2) is 36.1 Å². The molecule has 1 aliphatic carbocycles. The third kappa shape index (κ3) is 3.72. The highest BCUT2D eigenvalue weighted by molar-refractivity contribution is 5.97. The van der Waals surface area contributed by atoms with Crippen molar-refractivity contribution in [2.45, 2.75) is 44.6 Å². The summed E-state index contributed by atoms with van der Waals surface area (Å²) in [7, 11) is 0. The molecule has 1 unspecified atom stereocenters. The smallest absolute Gasteiger partial charge is 0.251 e. The summed E-state index contributed by atoms with van der Waals surface area (Å²) in [5, 5.41) is 12.9. The van der Waals surface area contributed by atoms with Crippen LogP contribution in [0.1, 0.15) is 48.9 Å². The maximum absolute atomic E-state index is 12.2. The first-order valence-electron chi connectivity index (χ1n) is 8.52. The molecule has 1 atom stereocenters. The van der Waals surface area contributed by atoms with Gasteiger partial charge in [-0.05, 0) is 49.4 Å². The zero-order chi connectivity index (χ0) is 16.2. The third-order valence-electron chi connectivity index (χ3n) is 4.93. The number of anilines is 1. The molecule has 1 heterocycles. The van der Waals surface area contributed by atoms with E-state index in [9.17, 15) is 14.7 Å². The predicted octanol–water partition coefficient (Wildman–Crippen LogP) is 2.09. The van der Waals surface area contributed by atoms with E-state index in [1.54, 1.807) is 17.0 Å². The molecule has 0 radical (unpaired) electrons. The maximum Gasteiger partial charge on any atom is 0.251 e. The number of nitrogens with zero attached hydrogens (tertiary/aromatic N) is 1. The fraction of sp³-hybridized carbons (Fsp3) is 0.556. The van der Waals surface area contributed by atoms with Crippen LogP contribution < -0.4 is 10.2 Å². The second-order valence-corrected chi connectivity index (χ2v) is 6.52. The van der Waals surface area contributed by atoms with Gasteiger partial charge in [-0.15, -0.1) is 0 Å². The first kappa shape index (κ1) is 16.0. The van der Waals surface area contributed by atoms with Crippen LogP contribution in [0.2, 0.25) is 0 Å². The van der Waals surface area contributed by atoms with E-state index in [2.05, 4.69) is 5.32 Å². The number of aliphatic hydroxyl groups excluding tert-OH is 1. The summed E-state index contributed by atoms with van der Waals surface area (Å²) in [5.41, 5.74) is 1.40. The van der Waals surface area contributed by atoms with Gasteiger partial charge in [-0.2, -0.15) is 0 Å². The Hall–Kier alpha value is -1.88. The second kappa shape index (κ2) is 7.13. The zero-order valence-electron chi connectivity index (χ0n) is 13.3. The number of carbonyl (C=O) groups is 2. The Labute approximate surface area is 136 Å². The molecule has 0 bridgehead atoms. The molecule has 1 saturated heterocycles. The molecule has 1 aromatic rings. The average Bonchev–Trinajstić information content (AvgIpc) is 3.24. The van der Waals surface area contributed by atoms with E-state index < -0.39 is 6.10 Å². The summed E-state index contributed by atoms with van der Waals surface area (Å²) in [4.78, 5) is 25.6. The van der Waals surface area contributed by atoms with Gasteiger partial charge in [0.15, 0.2) is 0 Å². The first-order chi connectivity index (χ1) is 11.1. The van der Waals surface area contributed by atoms with Crippen molar-refractivity contribution >= 4 is 17.5 Å². The number of rotatable bonds is 5. The van der Waals surface area contributed by atoms with Gasteiger partial charge in [0.1, 0.15) is 0 Å². The second-order valence-electron chi connectivity index (χ2n) is 6.52. The molecule has 2 N–H and O–H groups in total. The molecule has 2 aliphatic rings. The molecule has 1 aromatic carbocycles. The van der Waals surface area contributed by atoms with Gasteiger partial charge >= 0.3 is 0 Å². The third-order valence-corrected chi connectivity index (χ3v) is 4.93. The number of benzene rings is 1. The highest BCUT2D eigenvalue weighted by atomic mass is 16.3. The number of hydrogen-bond donors (Lipinski definition) is 2. The quantitative estimate of drug-likeness (QED) is 0.874. The number of aliphatic hydroxyl groups is 1. The number of hydrogen-bond acceptors (Lipinski definition) is 3. The minimum atomic E-state index is -0.456. The van der Waals surface area contributed by atoms with Crippen molar-refractivity contribution in [3.05, 3.63) is 29.8 Å². The zero-order valence-corrected chi connectivity index (χ0v) is 13.3. The van der Waals surface area contributed by atoms with Crippen molar-refractivity contribution in [1.82, 2.24) is 5.32 Å². The maximum atomic E-state index is 12.2. The van der Waals surface area contributed by atoms with Gasteiger partial charge in [0, 0.05) is 30.8 Å². The number of amides is 2. The van der Waals surface area contributed by atoms with Crippen molar-refractivity contribution in [3.63, 3.8) is 0 Å². The van der Waals surface area contributed by atoms with Crippen LogP contribution in [0.25, 0.3) is 0 Å². The van der Waals surface area contributed by atoms with E-state index >= 15 is 0 Å². The summed E-state index contributed by atoms with van der Waals surface area (Å²) in [6, 6.07) is 7.09. The van der Waals surface area contributed by atoms with Gasteiger partial charge in [-0.3, -0.25) is 9.59 Å². The van der Waals surface area contributed by atoms with Crippen molar-refractivity contribution in [2.75, 3.05) is 18.0 Å². The first-order valence-corrected chi connectivity index (χ1v) is 8.52. The number of carbonyl (C=O) groups excluding carboxylic acids is 2. The Morgan fingerprint density at radius 3 is 2.52 bits per heavy atom. The van der Waals surface area contributed by atoms with Crippen LogP contribution in [0.4, 0.5) is 5.69 Å². The molecule has 2 fully saturated rings. The van der Waals surface area contributed by atoms with E-state index in [-0.39, 0.29) is 11.8 Å². The van der Waals surface area contributed by atoms with Crippen LogP contribution in [0.5, 0.6) is 0 Å². The van der Waals surface area contributed by atoms with Crippen LogP contribution in [-0.2, 0) is 4.79 Å². The molecule has 5 heteroatoms. The number of nitrogens with one attached hydrogen (secondary N) is 1. The molecule has 124 valence electrons. The molecular formula is C18H24N2O3. The summed E-state index contributed by atoms with van der Waals surface area (Å²) >= 11 is 0. The van der Waals surface area contributed by atoms with E-state index in [4.69, 9.17) is 0 Å². The normalized spacial score (nSPS) is 20.0. The highest BCUT2D eigenvalue weighted by Crippen LogP contribution is 2.27. The van der Waals surface area contributed by atoms with Crippen LogP contribution in [0, 0.1) is 5.92 Å². The SMILES string of the molecule is O=C(NCC(O)C1CCCC1)c1ccc(N2CCCC2=O)cc1. The molecule has 5 nitrogen and oxygen atoms in total. The lowest BCUT2D eigenvalue weighted by atomic mass is 10.0. The van der Waals surface area contributed by atoms with E-state index in [1.165, 1.54) is 12.8 Å².